The van der Waals surface area contributed by atoms with E-state index in [4.69, 9.17) is 4.74 Å². The number of hydrogen-bond acceptors (Lipinski definition) is 3. The second-order valence-electron chi connectivity index (χ2n) is 6.87. The van der Waals surface area contributed by atoms with Crippen LogP contribution in [0.15, 0.2) is 24.3 Å². The van der Waals surface area contributed by atoms with E-state index in [0.717, 1.165) is 18.5 Å². The number of fused-ring (bicyclic) bond motifs is 1. The number of rotatable bonds is 4. The van der Waals surface area contributed by atoms with Gasteiger partial charge < -0.3 is 15.4 Å². The molecule has 2 fully saturated rings. The van der Waals surface area contributed by atoms with E-state index in [1.807, 2.05) is 6.92 Å². The smallest absolute Gasteiger partial charge is 0.254 e. The molecule has 120 valence electrons. The van der Waals surface area contributed by atoms with Crippen LogP contribution in [0.4, 0.5) is 0 Å². The van der Waals surface area contributed by atoms with Crippen molar-refractivity contribution >= 4 is 5.91 Å². The number of hydrogen-bond donors (Lipinski definition) is 2. The van der Waals surface area contributed by atoms with Crippen molar-refractivity contribution in [3.05, 3.63) is 35.4 Å². The van der Waals surface area contributed by atoms with Gasteiger partial charge in [-0.15, -0.1) is 0 Å². The molecule has 1 aromatic rings. The van der Waals surface area contributed by atoms with Gasteiger partial charge in [0, 0.05) is 25.6 Å². The summed E-state index contributed by atoms with van der Waals surface area (Å²) in [7, 11) is 0. The zero-order chi connectivity index (χ0) is 15.7. The van der Waals surface area contributed by atoms with Crippen LogP contribution in [-0.2, 0) is 9.53 Å². The molecule has 0 bridgehead atoms. The maximum absolute atomic E-state index is 12.7. The van der Waals surface area contributed by atoms with E-state index >= 15 is 0 Å². The lowest BCUT2D eigenvalue weighted by atomic mass is 9.89. The quantitative estimate of drug-likeness (QED) is 0.898. The number of ether oxygens (including phenoxy) is 1. The van der Waals surface area contributed by atoms with E-state index in [1.165, 1.54) is 5.56 Å². The molecule has 2 aliphatic heterocycles. The van der Waals surface area contributed by atoms with Crippen LogP contribution in [-0.4, -0.2) is 31.2 Å². The van der Waals surface area contributed by atoms with E-state index in [1.54, 1.807) is 0 Å². The normalized spacial score (nSPS) is 28.6. The fraction of sp³-hybridized carbons (Fsp3) is 0.611. The van der Waals surface area contributed by atoms with Gasteiger partial charge in [-0.25, -0.2) is 0 Å². The number of amides is 1. The van der Waals surface area contributed by atoms with Crippen LogP contribution >= 0.6 is 0 Å². The van der Waals surface area contributed by atoms with Gasteiger partial charge in [0.05, 0.1) is 6.04 Å². The Bertz CT molecular complexity index is 529. The summed E-state index contributed by atoms with van der Waals surface area (Å²) in [5, 5.41) is 6.44. The maximum atomic E-state index is 12.7. The van der Waals surface area contributed by atoms with E-state index in [9.17, 15) is 4.79 Å². The summed E-state index contributed by atoms with van der Waals surface area (Å²) >= 11 is 0. The Hall–Kier alpha value is -1.39. The van der Waals surface area contributed by atoms with Crippen LogP contribution in [0.3, 0.4) is 0 Å². The lowest BCUT2D eigenvalue weighted by molar-refractivity contribution is -0.142. The standard InChI is InChI=1S/C18H26N2O2/c1-12(2)14-4-6-15(7-5-14)13(3)20-17(21)18-11-19-10-16(18)8-9-22-18/h4-7,12-13,16,19H,8-11H2,1-3H3,(H,20,21)/t13?,16-,18+/m1/s1. The van der Waals surface area contributed by atoms with E-state index in [0.29, 0.717) is 25.0 Å². The molecule has 4 heteroatoms. The lowest BCUT2D eigenvalue weighted by Gasteiger charge is -2.28. The fourth-order valence-electron chi connectivity index (χ4n) is 3.53. The highest BCUT2D eigenvalue weighted by Gasteiger charge is 2.53. The summed E-state index contributed by atoms with van der Waals surface area (Å²) in [5.41, 5.74) is 1.81. The van der Waals surface area contributed by atoms with Gasteiger partial charge in [-0.05, 0) is 30.4 Å². The van der Waals surface area contributed by atoms with Crippen molar-refractivity contribution in [1.82, 2.24) is 10.6 Å². The molecular formula is C18H26N2O2. The summed E-state index contributed by atoms with van der Waals surface area (Å²) in [5.74, 6) is 0.860. The Kier molecular flexibility index (Phi) is 4.24. The van der Waals surface area contributed by atoms with Crippen LogP contribution < -0.4 is 10.6 Å². The van der Waals surface area contributed by atoms with Crippen LogP contribution in [0.5, 0.6) is 0 Å². The zero-order valence-electron chi connectivity index (χ0n) is 13.7. The zero-order valence-corrected chi connectivity index (χ0v) is 13.7. The highest BCUT2D eigenvalue weighted by Crippen LogP contribution is 2.35. The molecule has 1 amide bonds. The first-order valence-corrected chi connectivity index (χ1v) is 8.28. The monoisotopic (exact) mass is 302 g/mol. The third-order valence-corrected chi connectivity index (χ3v) is 5.10. The molecule has 1 aromatic carbocycles. The van der Waals surface area contributed by atoms with Gasteiger partial charge in [0.1, 0.15) is 0 Å². The molecule has 2 saturated heterocycles. The van der Waals surface area contributed by atoms with E-state index < -0.39 is 5.60 Å². The molecule has 1 unspecified atom stereocenters. The third-order valence-electron chi connectivity index (χ3n) is 5.10. The molecule has 0 spiro atoms. The van der Waals surface area contributed by atoms with Crippen LogP contribution in [0.2, 0.25) is 0 Å². The first-order chi connectivity index (χ1) is 10.5. The fourth-order valence-corrected chi connectivity index (χ4v) is 3.53. The largest absolute Gasteiger partial charge is 0.363 e. The first kappa shape index (κ1) is 15.5. The molecule has 4 nitrogen and oxygen atoms in total. The van der Waals surface area contributed by atoms with Crippen molar-refractivity contribution < 1.29 is 9.53 Å². The number of benzene rings is 1. The molecule has 2 N–H and O–H groups in total. The number of carbonyl (C=O) groups is 1. The Labute approximate surface area is 132 Å². The molecule has 22 heavy (non-hydrogen) atoms. The van der Waals surface area contributed by atoms with Gasteiger partial charge >= 0.3 is 0 Å². The molecule has 0 saturated carbocycles. The Morgan fingerprint density at radius 2 is 1.95 bits per heavy atom. The van der Waals surface area contributed by atoms with E-state index in [2.05, 4.69) is 48.7 Å². The van der Waals surface area contributed by atoms with Crippen molar-refractivity contribution in [2.24, 2.45) is 5.92 Å². The second-order valence-corrected chi connectivity index (χ2v) is 6.87. The minimum Gasteiger partial charge on any atom is -0.363 e. The van der Waals surface area contributed by atoms with Crippen molar-refractivity contribution in [3.63, 3.8) is 0 Å². The second kappa shape index (κ2) is 6.01. The Balaban J connectivity index is 1.68. The number of nitrogens with one attached hydrogen (secondary N) is 2. The van der Waals surface area contributed by atoms with Gasteiger partial charge in [-0.3, -0.25) is 4.79 Å². The maximum Gasteiger partial charge on any atom is 0.254 e. The molecular weight excluding hydrogens is 276 g/mol. The van der Waals surface area contributed by atoms with Gasteiger partial charge in [-0.2, -0.15) is 0 Å². The molecule has 0 aliphatic carbocycles. The number of carbonyl (C=O) groups excluding carboxylic acids is 1. The molecule has 3 rings (SSSR count). The first-order valence-electron chi connectivity index (χ1n) is 8.28. The summed E-state index contributed by atoms with van der Waals surface area (Å²) in [4.78, 5) is 12.7. The predicted octanol–water partition coefficient (Wildman–Crippen LogP) is 2.37. The summed E-state index contributed by atoms with van der Waals surface area (Å²) in [6.07, 6.45) is 0.970. The molecule has 3 atom stereocenters. The highest BCUT2D eigenvalue weighted by atomic mass is 16.5. The SMILES string of the molecule is CC(C)c1ccc(C(C)NC(=O)[C@]23CNC[C@H]2CCO3)cc1. The Morgan fingerprint density at radius 1 is 1.27 bits per heavy atom. The predicted molar refractivity (Wildman–Crippen MR) is 86.7 cm³/mol. The topological polar surface area (TPSA) is 50.4 Å². The van der Waals surface area contributed by atoms with E-state index in [-0.39, 0.29) is 11.9 Å². The van der Waals surface area contributed by atoms with Crippen LogP contribution in [0, 0.1) is 5.92 Å². The summed E-state index contributed by atoms with van der Waals surface area (Å²) in [6, 6.07) is 8.50. The molecule has 2 aliphatic rings. The minimum absolute atomic E-state index is 0.00598. The minimum atomic E-state index is -0.647. The molecule has 0 aromatic heterocycles. The third kappa shape index (κ3) is 2.66. The molecule has 2 heterocycles. The molecule has 0 radical (unpaired) electrons. The highest BCUT2D eigenvalue weighted by molar-refractivity contribution is 5.87. The van der Waals surface area contributed by atoms with Crippen molar-refractivity contribution in [3.8, 4) is 0 Å². The van der Waals surface area contributed by atoms with Gasteiger partial charge in [0.25, 0.3) is 5.91 Å². The Morgan fingerprint density at radius 3 is 2.64 bits per heavy atom. The van der Waals surface area contributed by atoms with Crippen LogP contribution in [0.1, 0.15) is 50.3 Å². The average molecular weight is 302 g/mol. The van der Waals surface area contributed by atoms with Crippen molar-refractivity contribution in [1.29, 1.82) is 0 Å². The van der Waals surface area contributed by atoms with Gasteiger partial charge in [-0.1, -0.05) is 38.1 Å². The summed E-state index contributed by atoms with van der Waals surface area (Å²) in [6.45, 7) is 8.60. The lowest BCUT2D eigenvalue weighted by Crippen LogP contribution is -2.52. The van der Waals surface area contributed by atoms with Gasteiger partial charge in [0.2, 0.25) is 0 Å². The van der Waals surface area contributed by atoms with Crippen molar-refractivity contribution in [2.45, 2.75) is 44.8 Å². The van der Waals surface area contributed by atoms with Gasteiger partial charge in [0.15, 0.2) is 5.60 Å². The van der Waals surface area contributed by atoms with Crippen LogP contribution in [0.25, 0.3) is 0 Å². The average Bonchev–Trinajstić information content (AvgIpc) is 3.07. The van der Waals surface area contributed by atoms with Crippen molar-refractivity contribution in [2.75, 3.05) is 19.7 Å². The summed E-state index contributed by atoms with van der Waals surface area (Å²) < 4.78 is 5.84.